The number of carbonyl (C=O) groups is 1. The Hall–Kier alpha value is -1.55. The molecule has 1 saturated heterocycles. The van der Waals surface area contributed by atoms with Crippen molar-refractivity contribution in [2.45, 2.75) is 38.1 Å². The van der Waals surface area contributed by atoms with Crippen LogP contribution >= 0.6 is 0 Å². The van der Waals surface area contributed by atoms with Crippen LogP contribution in [-0.2, 0) is 11.2 Å². The molecule has 1 saturated carbocycles. The van der Waals surface area contributed by atoms with Gasteiger partial charge in [-0.05, 0) is 30.9 Å². The molecule has 4 nitrogen and oxygen atoms in total. The first-order chi connectivity index (χ1) is 11.3. The van der Waals surface area contributed by atoms with Crippen molar-refractivity contribution in [1.29, 1.82) is 0 Å². The lowest BCUT2D eigenvalue weighted by Crippen LogP contribution is -2.53. The van der Waals surface area contributed by atoms with Crippen molar-refractivity contribution in [2.24, 2.45) is 5.92 Å². The number of para-hydroxylation sites is 1. The van der Waals surface area contributed by atoms with E-state index in [9.17, 15) is 4.79 Å². The number of hydrogen-bond donors (Lipinski definition) is 0. The highest BCUT2D eigenvalue weighted by molar-refractivity contribution is 5.80. The maximum atomic E-state index is 12.8. The molecule has 0 aromatic heterocycles. The molecule has 23 heavy (non-hydrogen) atoms. The molecule has 0 spiro atoms. The van der Waals surface area contributed by atoms with Crippen LogP contribution in [0.3, 0.4) is 0 Å². The lowest BCUT2D eigenvalue weighted by molar-refractivity contribution is -0.139. The molecule has 1 aliphatic carbocycles. The van der Waals surface area contributed by atoms with Gasteiger partial charge in [0.1, 0.15) is 12.4 Å². The molecule has 2 fully saturated rings. The van der Waals surface area contributed by atoms with Crippen molar-refractivity contribution in [3.63, 3.8) is 0 Å². The summed E-state index contributed by atoms with van der Waals surface area (Å²) < 4.78 is 5.79. The van der Waals surface area contributed by atoms with Crippen molar-refractivity contribution in [3.8, 4) is 5.75 Å². The molecule has 2 aliphatic heterocycles. The summed E-state index contributed by atoms with van der Waals surface area (Å²) in [4.78, 5) is 17.5. The molecule has 0 N–H and O–H groups in total. The van der Waals surface area contributed by atoms with Gasteiger partial charge in [0.15, 0.2) is 0 Å². The third-order valence-corrected chi connectivity index (χ3v) is 5.70. The minimum atomic E-state index is -0.0112. The van der Waals surface area contributed by atoms with Gasteiger partial charge in [0.25, 0.3) is 0 Å². The van der Waals surface area contributed by atoms with Crippen LogP contribution in [0.1, 0.15) is 31.2 Å². The standard InChI is InChI=1S/C19H26N2O2/c22-19(16-13-15-5-1-4-8-18(15)23-14-16)21-11-9-20(10-12-21)17-6-2-3-7-17/h1,4-5,8,16-17H,2-3,6-7,9-14H2. The van der Waals surface area contributed by atoms with Gasteiger partial charge in [-0.15, -0.1) is 0 Å². The minimum Gasteiger partial charge on any atom is -0.492 e. The fourth-order valence-electron chi connectivity index (χ4n) is 4.32. The van der Waals surface area contributed by atoms with E-state index in [1.165, 1.54) is 31.2 Å². The van der Waals surface area contributed by atoms with Gasteiger partial charge in [0, 0.05) is 32.2 Å². The van der Waals surface area contributed by atoms with Crippen LogP contribution in [0.25, 0.3) is 0 Å². The maximum absolute atomic E-state index is 12.8. The molecule has 4 rings (SSSR count). The predicted octanol–water partition coefficient (Wildman–Crippen LogP) is 2.32. The van der Waals surface area contributed by atoms with E-state index in [2.05, 4.69) is 15.9 Å². The molecule has 1 atom stereocenters. The van der Waals surface area contributed by atoms with Crippen LogP contribution < -0.4 is 4.74 Å². The highest BCUT2D eigenvalue weighted by atomic mass is 16.5. The zero-order valence-corrected chi connectivity index (χ0v) is 13.7. The Morgan fingerprint density at radius 3 is 2.57 bits per heavy atom. The maximum Gasteiger partial charge on any atom is 0.229 e. The molecule has 1 aromatic carbocycles. The Kier molecular flexibility index (Phi) is 4.25. The summed E-state index contributed by atoms with van der Waals surface area (Å²) in [7, 11) is 0. The van der Waals surface area contributed by atoms with Gasteiger partial charge in [-0.2, -0.15) is 0 Å². The van der Waals surface area contributed by atoms with E-state index in [0.717, 1.165) is 44.4 Å². The monoisotopic (exact) mass is 314 g/mol. The second kappa shape index (κ2) is 6.52. The van der Waals surface area contributed by atoms with Gasteiger partial charge in [-0.25, -0.2) is 0 Å². The quantitative estimate of drug-likeness (QED) is 0.840. The Morgan fingerprint density at radius 1 is 1.04 bits per heavy atom. The summed E-state index contributed by atoms with van der Waals surface area (Å²) in [6.45, 7) is 4.38. The van der Waals surface area contributed by atoms with E-state index in [0.29, 0.717) is 6.61 Å². The van der Waals surface area contributed by atoms with E-state index >= 15 is 0 Å². The second-order valence-corrected chi connectivity index (χ2v) is 7.12. The van der Waals surface area contributed by atoms with E-state index in [1.807, 2.05) is 18.2 Å². The van der Waals surface area contributed by atoms with Crippen molar-refractivity contribution in [3.05, 3.63) is 29.8 Å². The van der Waals surface area contributed by atoms with Crippen molar-refractivity contribution >= 4 is 5.91 Å². The zero-order valence-electron chi connectivity index (χ0n) is 13.7. The normalized spacial score (nSPS) is 25.9. The van der Waals surface area contributed by atoms with Gasteiger partial charge in [-0.1, -0.05) is 31.0 Å². The smallest absolute Gasteiger partial charge is 0.229 e. The summed E-state index contributed by atoms with van der Waals surface area (Å²) in [6, 6.07) is 8.86. The third-order valence-electron chi connectivity index (χ3n) is 5.70. The van der Waals surface area contributed by atoms with Crippen LogP contribution in [0.2, 0.25) is 0 Å². The molecule has 4 heteroatoms. The molecule has 124 valence electrons. The Morgan fingerprint density at radius 2 is 1.78 bits per heavy atom. The number of piperazine rings is 1. The minimum absolute atomic E-state index is 0.0112. The van der Waals surface area contributed by atoms with Gasteiger partial charge in [0.05, 0.1) is 5.92 Å². The summed E-state index contributed by atoms with van der Waals surface area (Å²) in [5.41, 5.74) is 1.17. The van der Waals surface area contributed by atoms with E-state index < -0.39 is 0 Å². The van der Waals surface area contributed by atoms with Crippen LogP contribution in [-0.4, -0.2) is 54.5 Å². The Bertz CT molecular complexity index is 560. The lowest BCUT2D eigenvalue weighted by atomic mass is 9.95. The van der Waals surface area contributed by atoms with Crippen molar-refractivity contribution in [1.82, 2.24) is 9.80 Å². The first kappa shape index (κ1) is 15.0. The first-order valence-corrected chi connectivity index (χ1v) is 9.05. The Balaban J connectivity index is 1.34. The summed E-state index contributed by atoms with van der Waals surface area (Å²) in [5.74, 6) is 1.22. The molecule has 1 unspecified atom stereocenters. The fraction of sp³-hybridized carbons (Fsp3) is 0.632. The number of nitrogens with zero attached hydrogens (tertiary/aromatic N) is 2. The highest BCUT2D eigenvalue weighted by Gasteiger charge is 2.33. The fourth-order valence-corrected chi connectivity index (χ4v) is 4.32. The molecule has 1 aromatic rings. The van der Waals surface area contributed by atoms with Gasteiger partial charge in [-0.3, -0.25) is 9.69 Å². The van der Waals surface area contributed by atoms with Crippen molar-refractivity contribution < 1.29 is 9.53 Å². The summed E-state index contributed by atoms with van der Waals surface area (Å²) in [6.07, 6.45) is 6.27. The molecule has 1 amide bonds. The average molecular weight is 314 g/mol. The van der Waals surface area contributed by atoms with E-state index in [4.69, 9.17) is 4.74 Å². The number of ether oxygens (including phenoxy) is 1. The number of fused-ring (bicyclic) bond motifs is 1. The number of rotatable bonds is 2. The van der Waals surface area contributed by atoms with Crippen molar-refractivity contribution in [2.75, 3.05) is 32.8 Å². The molecule has 3 aliphatic rings. The predicted molar refractivity (Wildman–Crippen MR) is 89.5 cm³/mol. The van der Waals surface area contributed by atoms with Crippen LogP contribution in [0.4, 0.5) is 0 Å². The Labute approximate surface area is 138 Å². The van der Waals surface area contributed by atoms with Crippen LogP contribution in [0.5, 0.6) is 5.75 Å². The number of carbonyl (C=O) groups excluding carboxylic acids is 1. The van der Waals surface area contributed by atoms with Gasteiger partial charge >= 0.3 is 0 Å². The number of benzene rings is 1. The summed E-state index contributed by atoms with van der Waals surface area (Å²) in [5, 5.41) is 0. The van der Waals surface area contributed by atoms with Gasteiger partial charge < -0.3 is 9.64 Å². The SMILES string of the molecule is O=C(C1COc2ccccc2C1)N1CCN(C2CCCC2)CC1. The van der Waals surface area contributed by atoms with E-state index in [1.54, 1.807) is 0 Å². The third kappa shape index (κ3) is 3.09. The lowest BCUT2D eigenvalue weighted by Gasteiger charge is -2.39. The highest BCUT2D eigenvalue weighted by Crippen LogP contribution is 2.28. The molecular weight excluding hydrogens is 288 g/mol. The zero-order chi connectivity index (χ0) is 15.6. The first-order valence-electron chi connectivity index (χ1n) is 9.05. The molecular formula is C19H26N2O2. The average Bonchev–Trinajstić information content (AvgIpc) is 3.15. The molecule has 0 radical (unpaired) electrons. The largest absolute Gasteiger partial charge is 0.492 e. The number of hydrogen-bond acceptors (Lipinski definition) is 3. The number of amides is 1. The topological polar surface area (TPSA) is 32.8 Å². The van der Waals surface area contributed by atoms with Crippen LogP contribution in [0, 0.1) is 5.92 Å². The summed E-state index contributed by atoms with van der Waals surface area (Å²) >= 11 is 0. The molecule has 0 bridgehead atoms. The van der Waals surface area contributed by atoms with E-state index in [-0.39, 0.29) is 11.8 Å². The van der Waals surface area contributed by atoms with Crippen LogP contribution in [0.15, 0.2) is 24.3 Å². The van der Waals surface area contributed by atoms with Gasteiger partial charge in [0.2, 0.25) is 5.91 Å². The second-order valence-electron chi connectivity index (χ2n) is 7.12. The molecule has 2 heterocycles.